The lowest BCUT2D eigenvalue weighted by atomic mass is 9.99. The number of aliphatic imine (C=N–C) groups is 1. The highest BCUT2D eigenvalue weighted by molar-refractivity contribution is 7.09. The van der Waals surface area contributed by atoms with Crippen molar-refractivity contribution in [2.24, 2.45) is 4.99 Å². The third kappa shape index (κ3) is 5.86. The van der Waals surface area contributed by atoms with Crippen molar-refractivity contribution < 1.29 is 4.79 Å². The molecule has 0 atom stereocenters. The molecule has 2 aliphatic rings. The fourth-order valence-corrected chi connectivity index (χ4v) is 5.13. The van der Waals surface area contributed by atoms with Crippen LogP contribution in [0.15, 0.2) is 46.8 Å². The molecule has 0 bridgehead atoms. The number of nitrogens with zero attached hydrogens (tertiary/aromatic N) is 4. The first-order chi connectivity index (χ1) is 15.2. The Morgan fingerprint density at radius 2 is 1.84 bits per heavy atom. The highest BCUT2D eigenvalue weighted by atomic mass is 32.1. The van der Waals surface area contributed by atoms with Crippen molar-refractivity contribution in [3.63, 3.8) is 0 Å². The van der Waals surface area contributed by atoms with E-state index < -0.39 is 0 Å². The highest BCUT2D eigenvalue weighted by Crippen LogP contribution is 2.19. The van der Waals surface area contributed by atoms with Crippen LogP contribution in [-0.4, -0.2) is 72.9 Å². The first-order valence-electron chi connectivity index (χ1n) is 11.3. The number of hydrogen-bond acceptors (Lipinski definition) is 4. The SMILES string of the molecule is CN=C(NCCCC(=O)N1CCc2ccccc2C1)N1CCN(Cc2cccs2)CC1. The maximum absolute atomic E-state index is 12.6. The molecule has 0 aliphatic carbocycles. The molecule has 31 heavy (non-hydrogen) atoms. The van der Waals surface area contributed by atoms with Crippen LogP contribution >= 0.6 is 11.3 Å². The molecule has 166 valence electrons. The lowest BCUT2D eigenvalue weighted by Crippen LogP contribution is -2.52. The van der Waals surface area contributed by atoms with E-state index in [1.165, 1.54) is 16.0 Å². The third-order valence-electron chi connectivity index (χ3n) is 6.18. The quantitative estimate of drug-likeness (QED) is 0.427. The summed E-state index contributed by atoms with van der Waals surface area (Å²) in [5.41, 5.74) is 2.67. The summed E-state index contributed by atoms with van der Waals surface area (Å²) in [6, 6.07) is 12.8. The van der Waals surface area contributed by atoms with Crippen LogP contribution in [0.4, 0.5) is 0 Å². The van der Waals surface area contributed by atoms with E-state index in [1.807, 2.05) is 23.3 Å². The topological polar surface area (TPSA) is 51.2 Å². The number of guanidine groups is 1. The van der Waals surface area contributed by atoms with E-state index in [9.17, 15) is 4.79 Å². The van der Waals surface area contributed by atoms with Crippen LogP contribution in [0, 0.1) is 0 Å². The molecule has 1 fully saturated rings. The second-order valence-electron chi connectivity index (χ2n) is 8.25. The molecule has 2 aromatic rings. The monoisotopic (exact) mass is 439 g/mol. The van der Waals surface area contributed by atoms with Crippen LogP contribution in [0.1, 0.15) is 28.8 Å². The van der Waals surface area contributed by atoms with Crippen molar-refractivity contribution >= 4 is 23.2 Å². The van der Waals surface area contributed by atoms with E-state index in [1.54, 1.807) is 0 Å². The fraction of sp³-hybridized carbons (Fsp3) is 0.500. The van der Waals surface area contributed by atoms with Gasteiger partial charge in [-0.3, -0.25) is 14.7 Å². The summed E-state index contributed by atoms with van der Waals surface area (Å²) >= 11 is 1.83. The number of amides is 1. The zero-order valence-corrected chi connectivity index (χ0v) is 19.2. The minimum atomic E-state index is 0.258. The van der Waals surface area contributed by atoms with Gasteiger partial charge in [0.2, 0.25) is 5.91 Å². The van der Waals surface area contributed by atoms with E-state index in [4.69, 9.17) is 0 Å². The Morgan fingerprint density at radius 3 is 2.58 bits per heavy atom. The summed E-state index contributed by atoms with van der Waals surface area (Å²) in [7, 11) is 1.84. The second-order valence-corrected chi connectivity index (χ2v) is 9.29. The van der Waals surface area contributed by atoms with Gasteiger partial charge in [-0.05, 0) is 35.4 Å². The summed E-state index contributed by atoms with van der Waals surface area (Å²) < 4.78 is 0. The van der Waals surface area contributed by atoms with Gasteiger partial charge in [-0.25, -0.2) is 0 Å². The number of nitrogens with one attached hydrogen (secondary N) is 1. The fourth-order valence-electron chi connectivity index (χ4n) is 4.38. The molecule has 1 N–H and O–H groups in total. The zero-order chi connectivity index (χ0) is 21.5. The molecule has 2 aliphatic heterocycles. The molecule has 1 aromatic carbocycles. The van der Waals surface area contributed by atoms with Crippen molar-refractivity contribution in [3.8, 4) is 0 Å². The largest absolute Gasteiger partial charge is 0.356 e. The van der Waals surface area contributed by atoms with Gasteiger partial charge in [-0.1, -0.05) is 30.3 Å². The Bertz CT molecular complexity index is 874. The summed E-state index contributed by atoms with van der Waals surface area (Å²) in [5.74, 6) is 1.21. The van der Waals surface area contributed by atoms with Gasteiger partial charge in [0.05, 0.1) is 0 Å². The maximum atomic E-state index is 12.6. The highest BCUT2D eigenvalue weighted by Gasteiger charge is 2.21. The van der Waals surface area contributed by atoms with Crippen LogP contribution in [-0.2, 0) is 24.3 Å². The zero-order valence-electron chi connectivity index (χ0n) is 18.4. The molecule has 0 radical (unpaired) electrons. The summed E-state index contributed by atoms with van der Waals surface area (Å²) in [5, 5.41) is 5.61. The number of rotatable bonds is 6. The van der Waals surface area contributed by atoms with Gasteiger partial charge in [0.15, 0.2) is 5.96 Å². The number of fused-ring (bicyclic) bond motifs is 1. The Balaban J connectivity index is 1.15. The molecule has 0 unspecified atom stereocenters. The summed E-state index contributed by atoms with van der Waals surface area (Å²) in [6.07, 6.45) is 2.38. The van der Waals surface area contributed by atoms with Crippen molar-refractivity contribution in [2.45, 2.75) is 32.4 Å². The Kier molecular flexibility index (Phi) is 7.59. The van der Waals surface area contributed by atoms with E-state index in [0.29, 0.717) is 6.42 Å². The summed E-state index contributed by atoms with van der Waals surface area (Å²) in [6.45, 7) is 7.47. The van der Waals surface area contributed by atoms with Gasteiger partial charge in [0.1, 0.15) is 0 Å². The van der Waals surface area contributed by atoms with Crippen molar-refractivity contribution in [2.75, 3.05) is 46.3 Å². The molecular weight excluding hydrogens is 406 g/mol. The van der Waals surface area contributed by atoms with E-state index in [0.717, 1.165) is 71.2 Å². The summed E-state index contributed by atoms with van der Waals surface area (Å²) in [4.78, 5) is 25.4. The average Bonchev–Trinajstić information content (AvgIpc) is 3.32. The van der Waals surface area contributed by atoms with E-state index >= 15 is 0 Å². The van der Waals surface area contributed by atoms with Gasteiger partial charge in [0.25, 0.3) is 0 Å². The molecular formula is C24H33N5OS. The Hall–Kier alpha value is -2.38. The maximum Gasteiger partial charge on any atom is 0.222 e. The molecule has 1 aromatic heterocycles. The van der Waals surface area contributed by atoms with Crippen LogP contribution in [0.25, 0.3) is 0 Å². The van der Waals surface area contributed by atoms with Crippen LogP contribution < -0.4 is 5.32 Å². The lowest BCUT2D eigenvalue weighted by Gasteiger charge is -2.36. The molecule has 1 saturated heterocycles. The molecule has 3 heterocycles. The second kappa shape index (κ2) is 10.8. The number of carbonyl (C=O) groups excluding carboxylic acids is 1. The first-order valence-corrected chi connectivity index (χ1v) is 12.2. The molecule has 7 heteroatoms. The Labute approximate surface area is 189 Å². The van der Waals surface area contributed by atoms with E-state index in [-0.39, 0.29) is 5.91 Å². The predicted octanol–water partition coefficient (Wildman–Crippen LogP) is 2.81. The van der Waals surface area contributed by atoms with Crippen molar-refractivity contribution in [1.82, 2.24) is 20.0 Å². The van der Waals surface area contributed by atoms with Crippen LogP contribution in [0.5, 0.6) is 0 Å². The smallest absolute Gasteiger partial charge is 0.222 e. The normalized spacial score (nSPS) is 17.5. The number of piperazine rings is 1. The van der Waals surface area contributed by atoms with Crippen LogP contribution in [0.2, 0.25) is 0 Å². The van der Waals surface area contributed by atoms with Gasteiger partial charge >= 0.3 is 0 Å². The minimum Gasteiger partial charge on any atom is -0.356 e. The van der Waals surface area contributed by atoms with Gasteiger partial charge in [-0.15, -0.1) is 11.3 Å². The third-order valence-corrected chi connectivity index (χ3v) is 7.04. The molecule has 0 saturated carbocycles. The van der Waals surface area contributed by atoms with Gasteiger partial charge in [0, 0.05) is 70.7 Å². The van der Waals surface area contributed by atoms with Crippen molar-refractivity contribution in [3.05, 3.63) is 57.8 Å². The van der Waals surface area contributed by atoms with Gasteiger partial charge in [-0.2, -0.15) is 0 Å². The number of thiophene rings is 1. The molecule has 1 amide bonds. The lowest BCUT2D eigenvalue weighted by molar-refractivity contribution is -0.132. The molecule has 0 spiro atoms. The minimum absolute atomic E-state index is 0.258. The standard InChI is InChI=1S/C24H33N5OS/c1-25-24(28-15-13-27(14-16-28)19-22-8-5-17-31-22)26-11-4-9-23(30)29-12-10-20-6-2-3-7-21(20)18-29/h2-3,5-8,17H,4,9-16,18-19H2,1H3,(H,25,26). The van der Waals surface area contributed by atoms with Crippen molar-refractivity contribution in [1.29, 1.82) is 0 Å². The number of benzene rings is 1. The first kappa shape index (κ1) is 21.8. The number of hydrogen-bond donors (Lipinski definition) is 1. The van der Waals surface area contributed by atoms with E-state index in [2.05, 4.69) is 61.9 Å². The predicted molar refractivity (Wildman–Crippen MR) is 127 cm³/mol. The van der Waals surface area contributed by atoms with Crippen LogP contribution in [0.3, 0.4) is 0 Å². The molecule has 4 rings (SSSR count). The molecule has 6 nitrogen and oxygen atoms in total. The van der Waals surface area contributed by atoms with Gasteiger partial charge < -0.3 is 15.1 Å². The Morgan fingerprint density at radius 1 is 1.03 bits per heavy atom. The average molecular weight is 440 g/mol. The number of carbonyl (C=O) groups is 1.